The largest absolute Gasteiger partial charge is 0.367 e. The maximum atomic E-state index is 12.6. The molecule has 7 nitrogen and oxygen atoms in total. The van der Waals surface area contributed by atoms with Gasteiger partial charge in [-0.3, -0.25) is 9.52 Å². The Balaban J connectivity index is 1.70. The second-order valence-electron chi connectivity index (χ2n) is 6.77. The molecule has 0 radical (unpaired) electrons. The normalized spacial score (nSPS) is 14.9. The number of pyridine rings is 1. The monoisotopic (exact) mass is 388 g/mol. The summed E-state index contributed by atoms with van der Waals surface area (Å²) in [5.74, 6) is 0.366. The minimum Gasteiger partial charge on any atom is -0.367 e. The summed E-state index contributed by atoms with van der Waals surface area (Å²) in [6.07, 6.45) is 1.66. The molecule has 0 unspecified atom stereocenters. The number of benzene rings is 1. The third kappa shape index (κ3) is 4.39. The number of aromatic nitrogens is 1. The Labute approximate surface area is 160 Å². The van der Waals surface area contributed by atoms with Crippen molar-refractivity contribution in [2.75, 3.05) is 35.8 Å². The predicted octanol–water partition coefficient (Wildman–Crippen LogP) is 2.17. The number of hydrogen-bond donors (Lipinski definition) is 1. The highest BCUT2D eigenvalue weighted by Crippen LogP contribution is 2.21. The fraction of sp³-hybridized carbons (Fsp3) is 0.368. The lowest BCUT2D eigenvalue weighted by Crippen LogP contribution is -2.48. The zero-order valence-corrected chi connectivity index (χ0v) is 16.6. The van der Waals surface area contributed by atoms with Crippen molar-refractivity contribution in [3.05, 3.63) is 47.7 Å². The first-order valence-electron chi connectivity index (χ1n) is 8.83. The summed E-state index contributed by atoms with van der Waals surface area (Å²) in [4.78, 5) is 19.9. The maximum absolute atomic E-state index is 12.6. The van der Waals surface area contributed by atoms with Crippen LogP contribution in [0.3, 0.4) is 0 Å². The van der Waals surface area contributed by atoms with Crippen molar-refractivity contribution in [3.63, 3.8) is 0 Å². The first kappa shape index (κ1) is 19.2. The molecule has 144 valence electrons. The van der Waals surface area contributed by atoms with Crippen molar-refractivity contribution >= 4 is 27.4 Å². The lowest BCUT2D eigenvalue weighted by Gasteiger charge is -2.35. The van der Waals surface area contributed by atoms with Crippen LogP contribution in [0.15, 0.2) is 41.4 Å². The number of nitrogens with one attached hydrogen (secondary N) is 1. The van der Waals surface area contributed by atoms with Gasteiger partial charge in [0.2, 0.25) is 5.91 Å². The van der Waals surface area contributed by atoms with E-state index in [-0.39, 0.29) is 16.6 Å². The average Bonchev–Trinajstić information content (AvgIpc) is 2.62. The molecule has 1 fully saturated rings. The van der Waals surface area contributed by atoms with Gasteiger partial charge >= 0.3 is 0 Å². The molecule has 2 aromatic rings. The number of rotatable bonds is 4. The van der Waals surface area contributed by atoms with Crippen molar-refractivity contribution in [2.24, 2.45) is 0 Å². The van der Waals surface area contributed by atoms with Crippen LogP contribution in [0.5, 0.6) is 0 Å². The number of amides is 1. The summed E-state index contributed by atoms with van der Waals surface area (Å²) in [6.45, 7) is 8.09. The average molecular weight is 388 g/mol. The molecule has 3 rings (SSSR count). The van der Waals surface area contributed by atoms with Gasteiger partial charge in [0.15, 0.2) is 0 Å². The topological polar surface area (TPSA) is 82.6 Å². The van der Waals surface area contributed by atoms with Gasteiger partial charge in [-0.15, -0.1) is 0 Å². The highest BCUT2D eigenvalue weighted by atomic mass is 32.2. The van der Waals surface area contributed by atoms with Crippen LogP contribution in [0.2, 0.25) is 0 Å². The van der Waals surface area contributed by atoms with E-state index < -0.39 is 10.0 Å². The van der Waals surface area contributed by atoms with E-state index in [0.717, 1.165) is 24.3 Å². The van der Waals surface area contributed by atoms with E-state index in [1.54, 1.807) is 38.2 Å². The first-order chi connectivity index (χ1) is 12.8. The number of aryl methyl sites for hydroxylation is 2. The second-order valence-corrected chi connectivity index (χ2v) is 8.42. The van der Waals surface area contributed by atoms with Gasteiger partial charge in [0.05, 0.1) is 16.8 Å². The molecule has 1 aromatic heterocycles. The molecular weight excluding hydrogens is 364 g/mol. The van der Waals surface area contributed by atoms with Crippen molar-refractivity contribution in [1.29, 1.82) is 0 Å². The van der Waals surface area contributed by atoms with E-state index in [4.69, 9.17) is 0 Å². The highest BCUT2D eigenvalue weighted by molar-refractivity contribution is 7.92. The van der Waals surface area contributed by atoms with Crippen molar-refractivity contribution in [1.82, 2.24) is 9.88 Å². The van der Waals surface area contributed by atoms with Gasteiger partial charge in [0.25, 0.3) is 10.0 Å². The zero-order chi connectivity index (χ0) is 19.6. The minimum atomic E-state index is -3.69. The molecule has 0 atom stereocenters. The molecule has 0 bridgehead atoms. The molecule has 1 saturated heterocycles. The summed E-state index contributed by atoms with van der Waals surface area (Å²) in [5, 5.41) is 0. The maximum Gasteiger partial charge on any atom is 0.263 e. The fourth-order valence-electron chi connectivity index (χ4n) is 3.21. The molecule has 27 heavy (non-hydrogen) atoms. The van der Waals surface area contributed by atoms with Crippen LogP contribution in [-0.4, -0.2) is 50.4 Å². The fourth-order valence-corrected chi connectivity index (χ4v) is 4.44. The van der Waals surface area contributed by atoms with E-state index >= 15 is 0 Å². The smallest absolute Gasteiger partial charge is 0.263 e. The highest BCUT2D eigenvalue weighted by Gasteiger charge is 2.20. The third-order valence-corrected chi connectivity index (χ3v) is 6.21. The number of carbonyl (C=O) groups excluding carboxylic acids is 1. The van der Waals surface area contributed by atoms with Crippen molar-refractivity contribution in [2.45, 2.75) is 25.7 Å². The summed E-state index contributed by atoms with van der Waals surface area (Å²) < 4.78 is 27.8. The Bertz CT molecular complexity index is 934. The molecule has 1 N–H and O–H groups in total. The van der Waals surface area contributed by atoms with E-state index in [2.05, 4.69) is 14.6 Å². The van der Waals surface area contributed by atoms with Gasteiger partial charge in [-0.2, -0.15) is 0 Å². The molecule has 0 aliphatic carbocycles. The quantitative estimate of drug-likeness (QED) is 0.868. The molecule has 1 aromatic carbocycles. The van der Waals surface area contributed by atoms with Gasteiger partial charge in [-0.25, -0.2) is 13.4 Å². The van der Waals surface area contributed by atoms with E-state index in [1.807, 2.05) is 24.0 Å². The van der Waals surface area contributed by atoms with E-state index in [9.17, 15) is 13.2 Å². The van der Waals surface area contributed by atoms with Crippen LogP contribution in [0.1, 0.15) is 18.1 Å². The summed E-state index contributed by atoms with van der Waals surface area (Å²) in [6, 6.07) is 8.73. The molecule has 0 saturated carbocycles. The number of anilines is 2. The number of piperazine rings is 1. The van der Waals surface area contributed by atoms with E-state index in [0.29, 0.717) is 18.7 Å². The molecule has 8 heteroatoms. The number of hydrogen-bond acceptors (Lipinski definition) is 5. The number of sulfonamides is 1. The van der Waals surface area contributed by atoms with Gasteiger partial charge < -0.3 is 9.80 Å². The standard InChI is InChI=1S/C19H24N4O3S/c1-14-4-6-18(15(2)12-14)27(25,26)21-19-7-5-17(13-20-19)23-10-8-22(9-11-23)16(3)24/h4-7,12-13H,8-11H2,1-3H3,(H,20,21). The molecule has 1 amide bonds. The number of carbonyl (C=O) groups is 1. The van der Waals surface area contributed by atoms with Crippen LogP contribution < -0.4 is 9.62 Å². The summed E-state index contributed by atoms with van der Waals surface area (Å²) in [7, 11) is -3.69. The van der Waals surface area contributed by atoms with Crippen LogP contribution in [0.4, 0.5) is 11.5 Å². The lowest BCUT2D eigenvalue weighted by molar-refractivity contribution is -0.129. The SMILES string of the molecule is CC(=O)N1CCN(c2ccc(NS(=O)(=O)c3ccc(C)cc3C)nc2)CC1. The van der Waals surface area contributed by atoms with Gasteiger partial charge in [-0.05, 0) is 37.6 Å². The first-order valence-corrected chi connectivity index (χ1v) is 10.3. The van der Waals surface area contributed by atoms with Gasteiger partial charge in [0.1, 0.15) is 5.82 Å². The Kier molecular flexibility index (Phi) is 5.36. The van der Waals surface area contributed by atoms with Crippen LogP contribution in [-0.2, 0) is 14.8 Å². The number of nitrogens with zero attached hydrogens (tertiary/aromatic N) is 3. The molecular formula is C19H24N4O3S. The Morgan fingerprint density at radius 3 is 2.33 bits per heavy atom. The molecule has 1 aliphatic heterocycles. The van der Waals surface area contributed by atoms with Crippen molar-refractivity contribution < 1.29 is 13.2 Å². The lowest BCUT2D eigenvalue weighted by atomic mass is 10.2. The van der Waals surface area contributed by atoms with E-state index in [1.165, 1.54) is 0 Å². The second kappa shape index (κ2) is 7.56. The Hall–Kier alpha value is -2.61. The molecule has 1 aliphatic rings. The van der Waals surface area contributed by atoms with Crippen LogP contribution >= 0.6 is 0 Å². The van der Waals surface area contributed by atoms with Crippen LogP contribution in [0, 0.1) is 13.8 Å². The Morgan fingerprint density at radius 1 is 1.07 bits per heavy atom. The summed E-state index contributed by atoms with van der Waals surface area (Å²) >= 11 is 0. The van der Waals surface area contributed by atoms with Gasteiger partial charge in [0, 0.05) is 33.1 Å². The molecule has 2 heterocycles. The Morgan fingerprint density at radius 2 is 1.78 bits per heavy atom. The van der Waals surface area contributed by atoms with Gasteiger partial charge in [-0.1, -0.05) is 17.7 Å². The molecule has 0 spiro atoms. The predicted molar refractivity (Wildman–Crippen MR) is 105 cm³/mol. The minimum absolute atomic E-state index is 0.0870. The third-order valence-electron chi connectivity index (χ3n) is 4.70. The zero-order valence-electron chi connectivity index (χ0n) is 15.8. The van der Waals surface area contributed by atoms with Crippen LogP contribution in [0.25, 0.3) is 0 Å². The van der Waals surface area contributed by atoms with Crippen molar-refractivity contribution in [3.8, 4) is 0 Å². The summed E-state index contributed by atoms with van der Waals surface area (Å²) in [5.41, 5.74) is 2.62.